The van der Waals surface area contributed by atoms with Gasteiger partial charge in [0.15, 0.2) is 5.75 Å². The van der Waals surface area contributed by atoms with Crippen molar-refractivity contribution >= 4 is 45.8 Å². The summed E-state index contributed by atoms with van der Waals surface area (Å²) in [6.45, 7) is 6.86. The first-order chi connectivity index (χ1) is 16.0. The Bertz CT molecular complexity index is 1120. The van der Waals surface area contributed by atoms with E-state index in [9.17, 15) is 4.79 Å². The highest BCUT2D eigenvalue weighted by Crippen LogP contribution is 2.33. The summed E-state index contributed by atoms with van der Waals surface area (Å²) in [6, 6.07) is 15.1. The van der Waals surface area contributed by atoms with E-state index in [4.69, 9.17) is 32.7 Å². The van der Waals surface area contributed by atoms with Gasteiger partial charge in [-0.2, -0.15) is 0 Å². The molecule has 1 saturated heterocycles. The number of aromatic nitrogens is 1. The molecule has 2 heterocycles. The second kappa shape index (κ2) is 11.1. The van der Waals surface area contributed by atoms with E-state index in [1.807, 2.05) is 42.5 Å². The van der Waals surface area contributed by atoms with Crippen LogP contribution >= 0.6 is 23.2 Å². The third-order valence-corrected chi connectivity index (χ3v) is 6.48. The number of para-hydroxylation sites is 1. The van der Waals surface area contributed by atoms with E-state index in [1.54, 1.807) is 6.07 Å². The lowest BCUT2D eigenvalue weighted by molar-refractivity contribution is -0.131. The summed E-state index contributed by atoms with van der Waals surface area (Å²) >= 11 is 12.5. The summed E-state index contributed by atoms with van der Waals surface area (Å²) in [7, 11) is 0. The van der Waals surface area contributed by atoms with Gasteiger partial charge in [-0.1, -0.05) is 41.4 Å². The van der Waals surface area contributed by atoms with Crippen LogP contribution in [0.4, 0.5) is 5.69 Å². The summed E-state index contributed by atoms with van der Waals surface area (Å²) < 4.78 is 11.1. The lowest BCUT2D eigenvalue weighted by Crippen LogP contribution is -2.46. The molecule has 3 aromatic rings. The maximum atomic E-state index is 11.3. The van der Waals surface area contributed by atoms with Gasteiger partial charge in [-0.25, -0.2) is 4.98 Å². The molecule has 0 unspecified atom stereocenters. The Morgan fingerprint density at radius 2 is 1.79 bits per heavy atom. The predicted octanol–water partition coefficient (Wildman–Crippen LogP) is 5.45. The number of halogens is 2. The number of ether oxygens (including phenoxy) is 2. The van der Waals surface area contributed by atoms with Gasteiger partial charge in [0.05, 0.1) is 22.3 Å². The van der Waals surface area contributed by atoms with Crippen molar-refractivity contribution in [2.45, 2.75) is 19.8 Å². The number of benzene rings is 2. The number of nitrogens with zero attached hydrogens (tertiary/aromatic N) is 3. The molecule has 2 aromatic carbocycles. The molecule has 174 valence electrons. The van der Waals surface area contributed by atoms with Crippen molar-refractivity contribution in [1.82, 2.24) is 9.88 Å². The Kier molecular flexibility index (Phi) is 7.91. The van der Waals surface area contributed by atoms with Crippen molar-refractivity contribution in [3.8, 4) is 11.6 Å². The van der Waals surface area contributed by atoms with Crippen molar-refractivity contribution in [3.63, 3.8) is 0 Å². The first-order valence-corrected chi connectivity index (χ1v) is 11.9. The van der Waals surface area contributed by atoms with Crippen molar-refractivity contribution in [3.05, 3.63) is 58.6 Å². The minimum absolute atomic E-state index is 0.368. The number of esters is 1. The number of carbonyl (C=O) groups excluding carboxylic acids is 1. The van der Waals surface area contributed by atoms with Crippen molar-refractivity contribution in [2.75, 3.05) is 44.2 Å². The van der Waals surface area contributed by atoms with E-state index in [-0.39, 0.29) is 5.97 Å². The first kappa shape index (κ1) is 23.6. The SMILES string of the molecule is CC(=O)Oc1cccc2ccc(OCCCCN3CCN(c4cccc(Cl)c4Cl)CC3)nc12. The highest BCUT2D eigenvalue weighted by Gasteiger charge is 2.19. The van der Waals surface area contributed by atoms with Crippen molar-refractivity contribution in [1.29, 1.82) is 0 Å². The molecule has 0 atom stereocenters. The van der Waals surface area contributed by atoms with Crippen LogP contribution < -0.4 is 14.4 Å². The molecule has 1 aliphatic heterocycles. The van der Waals surface area contributed by atoms with Crippen LogP contribution in [-0.4, -0.2) is 55.2 Å². The molecule has 0 spiro atoms. The number of carbonyl (C=O) groups is 1. The molecule has 1 fully saturated rings. The predicted molar refractivity (Wildman–Crippen MR) is 133 cm³/mol. The lowest BCUT2D eigenvalue weighted by atomic mass is 10.2. The molecular weight excluding hydrogens is 461 g/mol. The van der Waals surface area contributed by atoms with Crippen molar-refractivity contribution < 1.29 is 14.3 Å². The Labute approximate surface area is 204 Å². The Balaban J connectivity index is 1.21. The van der Waals surface area contributed by atoms with Gasteiger partial charge in [0.2, 0.25) is 5.88 Å². The second-order valence-electron chi connectivity index (χ2n) is 8.03. The van der Waals surface area contributed by atoms with E-state index in [0.29, 0.717) is 33.8 Å². The minimum atomic E-state index is -0.368. The third-order valence-electron chi connectivity index (χ3n) is 5.67. The zero-order valence-electron chi connectivity index (χ0n) is 18.6. The topological polar surface area (TPSA) is 54.9 Å². The largest absolute Gasteiger partial charge is 0.478 e. The fourth-order valence-electron chi connectivity index (χ4n) is 3.98. The van der Waals surface area contributed by atoms with E-state index in [0.717, 1.165) is 56.6 Å². The second-order valence-corrected chi connectivity index (χ2v) is 8.81. The molecule has 1 aliphatic rings. The van der Waals surface area contributed by atoms with Crippen LogP contribution in [0.5, 0.6) is 11.6 Å². The fourth-order valence-corrected chi connectivity index (χ4v) is 4.40. The lowest BCUT2D eigenvalue weighted by Gasteiger charge is -2.36. The van der Waals surface area contributed by atoms with E-state index in [2.05, 4.69) is 14.8 Å². The summed E-state index contributed by atoms with van der Waals surface area (Å²) in [4.78, 5) is 20.6. The quantitative estimate of drug-likeness (QED) is 0.239. The van der Waals surface area contributed by atoms with E-state index >= 15 is 0 Å². The van der Waals surface area contributed by atoms with E-state index < -0.39 is 0 Å². The van der Waals surface area contributed by atoms with Crippen molar-refractivity contribution in [2.24, 2.45) is 0 Å². The monoisotopic (exact) mass is 487 g/mol. The maximum absolute atomic E-state index is 11.3. The van der Waals surface area contributed by atoms with Crippen LogP contribution in [0.25, 0.3) is 10.9 Å². The van der Waals surface area contributed by atoms with Crippen LogP contribution in [0.2, 0.25) is 10.0 Å². The fraction of sp³-hybridized carbons (Fsp3) is 0.360. The molecule has 0 amide bonds. The smallest absolute Gasteiger partial charge is 0.308 e. The van der Waals surface area contributed by atoms with Gasteiger partial charge in [-0.15, -0.1) is 0 Å². The van der Waals surface area contributed by atoms with Gasteiger partial charge in [-0.3, -0.25) is 9.69 Å². The number of piperazine rings is 1. The number of unbranched alkanes of at least 4 members (excludes halogenated alkanes) is 1. The van der Waals surface area contributed by atoms with Crippen LogP contribution in [0.3, 0.4) is 0 Å². The van der Waals surface area contributed by atoms with Gasteiger partial charge in [0.1, 0.15) is 5.52 Å². The summed E-state index contributed by atoms with van der Waals surface area (Å²) in [5, 5.41) is 2.13. The molecule has 0 bridgehead atoms. The zero-order valence-corrected chi connectivity index (χ0v) is 20.1. The number of fused-ring (bicyclic) bond motifs is 1. The molecule has 0 aliphatic carbocycles. The van der Waals surface area contributed by atoms with Gasteiger partial charge in [0, 0.05) is 44.6 Å². The molecule has 0 N–H and O–H groups in total. The zero-order chi connectivity index (χ0) is 23.2. The number of hydrogen-bond donors (Lipinski definition) is 0. The van der Waals surface area contributed by atoms with E-state index in [1.165, 1.54) is 6.92 Å². The average Bonchev–Trinajstić information content (AvgIpc) is 2.81. The summed E-state index contributed by atoms with van der Waals surface area (Å²) in [6.07, 6.45) is 1.98. The molecular formula is C25H27Cl2N3O3. The van der Waals surface area contributed by atoms with Gasteiger partial charge in [0.25, 0.3) is 0 Å². The summed E-state index contributed by atoms with van der Waals surface area (Å²) in [5.41, 5.74) is 1.64. The van der Waals surface area contributed by atoms with Gasteiger partial charge >= 0.3 is 5.97 Å². The first-order valence-electron chi connectivity index (χ1n) is 11.1. The van der Waals surface area contributed by atoms with Gasteiger partial charge in [-0.05, 0) is 43.7 Å². The number of hydrogen-bond acceptors (Lipinski definition) is 6. The highest BCUT2D eigenvalue weighted by molar-refractivity contribution is 6.43. The van der Waals surface area contributed by atoms with Crippen LogP contribution in [0, 0.1) is 0 Å². The molecule has 0 saturated carbocycles. The Hall–Kier alpha value is -2.54. The van der Waals surface area contributed by atoms with Crippen LogP contribution in [0.1, 0.15) is 19.8 Å². The minimum Gasteiger partial charge on any atom is -0.478 e. The maximum Gasteiger partial charge on any atom is 0.308 e. The number of pyridine rings is 1. The number of anilines is 1. The number of rotatable bonds is 8. The molecule has 0 radical (unpaired) electrons. The molecule has 33 heavy (non-hydrogen) atoms. The molecule has 4 rings (SSSR count). The molecule has 8 heteroatoms. The van der Waals surface area contributed by atoms with Crippen LogP contribution in [0.15, 0.2) is 48.5 Å². The normalized spacial score (nSPS) is 14.5. The highest BCUT2D eigenvalue weighted by atomic mass is 35.5. The molecule has 1 aromatic heterocycles. The molecule has 6 nitrogen and oxygen atoms in total. The average molecular weight is 488 g/mol. The Morgan fingerprint density at radius 1 is 1.00 bits per heavy atom. The third kappa shape index (κ3) is 6.08. The Morgan fingerprint density at radius 3 is 2.58 bits per heavy atom. The van der Waals surface area contributed by atoms with Crippen LogP contribution in [-0.2, 0) is 4.79 Å². The standard InChI is InChI=1S/C25H27Cl2N3O3/c1-18(31)33-22-9-4-6-19-10-11-23(28-25(19)22)32-17-3-2-12-29-13-15-30(16-14-29)21-8-5-7-20(26)24(21)27/h4-11H,2-3,12-17H2,1H3. The summed E-state index contributed by atoms with van der Waals surface area (Å²) in [5.74, 6) is 0.616. The van der Waals surface area contributed by atoms with Gasteiger partial charge < -0.3 is 14.4 Å².